The van der Waals surface area contributed by atoms with Crippen molar-refractivity contribution in [2.75, 3.05) is 6.61 Å². The first-order chi connectivity index (χ1) is 9.93. The zero-order chi connectivity index (χ0) is 13.6. The minimum absolute atomic E-state index is 0.119. The molecule has 1 fully saturated rings. The Balaban J connectivity index is 1.67. The van der Waals surface area contributed by atoms with E-state index >= 15 is 0 Å². The topological polar surface area (TPSA) is 47.0 Å². The molecule has 0 unspecified atom stereocenters. The Kier molecular flexibility index (Phi) is 4.35. The van der Waals surface area contributed by atoms with Crippen LogP contribution in [0.1, 0.15) is 30.1 Å². The second-order valence-corrected chi connectivity index (χ2v) is 5.06. The van der Waals surface area contributed by atoms with Gasteiger partial charge in [0.25, 0.3) is 0 Å². The third-order valence-electron chi connectivity index (χ3n) is 3.67. The number of rotatable bonds is 4. The molecule has 3 rings (SSSR count). The first-order valence-electron chi connectivity index (χ1n) is 7.07. The average Bonchev–Trinajstić information content (AvgIpc) is 2.55. The molecule has 0 aliphatic carbocycles. The van der Waals surface area contributed by atoms with Gasteiger partial charge in [-0.3, -0.25) is 9.97 Å². The molecule has 4 heteroatoms. The fraction of sp³-hybridized carbons (Fsp3) is 0.375. The Hall–Kier alpha value is -1.78. The van der Waals surface area contributed by atoms with Crippen LogP contribution in [0.5, 0.6) is 0 Å². The standard InChI is InChI=1S/C16H19N3O/c1-2-15(19-12-13-3-7-17-8-4-13)16(20-11-1)14-5-9-18-10-6-14/h3-10,15-16,19H,1-2,11-12H2/t15-,16+/m0/s1. The molecule has 104 valence electrons. The lowest BCUT2D eigenvalue weighted by molar-refractivity contribution is -0.0112. The maximum Gasteiger partial charge on any atom is 0.0978 e. The smallest absolute Gasteiger partial charge is 0.0978 e. The van der Waals surface area contributed by atoms with E-state index in [0.717, 1.165) is 26.0 Å². The van der Waals surface area contributed by atoms with E-state index in [9.17, 15) is 0 Å². The van der Waals surface area contributed by atoms with Crippen LogP contribution in [0.3, 0.4) is 0 Å². The first-order valence-corrected chi connectivity index (χ1v) is 7.07. The van der Waals surface area contributed by atoms with Crippen molar-refractivity contribution in [3.05, 3.63) is 60.2 Å². The van der Waals surface area contributed by atoms with E-state index in [1.165, 1.54) is 11.1 Å². The van der Waals surface area contributed by atoms with Crippen molar-refractivity contribution in [2.45, 2.75) is 31.5 Å². The largest absolute Gasteiger partial charge is 0.372 e. The summed E-state index contributed by atoms with van der Waals surface area (Å²) in [6.07, 6.45) is 9.67. The van der Waals surface area contributed by atoms with Crippen LogP contribution in [0.25, 0.3) is 0 Å². The lowest BCUT2D eigenvalue weighted by Gasteiger charge is -2.32. The van der Waals surface area contributed by atoms with Gasteiger partial charge in [-0.15, -0.1) is 0 Å². The Morgan fingerprint density at radius 2 is 1.75 bits per heavy atom. The molecule has 0 saturated carbocycles. The minimum Gasteiger partial charge on any atom is -0.372 e. The molecule has 2 aromatic rings. The molecule has 0 amide bonds. The van der Waals surface area contributed by atoms with Crippen molar-refractivity contribution in [3.8, 4) is 0 Å². The molecule has 2 aromatic heterocycles. The highest BCUT2D eigenvalue weighted by Crippen LogP contribution is 2.28. The predicted molar refractivity (Wildman–Crippen MR) is 77.0 cm³/mol. The lowest BCUT2D eigenvalue weighted by atomic mass is 9.96. The van der Waals surface area contributed by atoms with Crippen LogP contribution in [0.4, 0.5) is 0 Å². The molecule has 0 aromatic carbocycles. The van der Waals surface area contributed by atoms with Crippen molar-refractivity contribution < 1.29 is 4.74 Å². The summed E-state index contributed by atoms with van der Waals surface area (Å²) in [6, 6.07) is 8.50. The fourth-order valence-corrected chi connectivity index (χ4v) is 2.62. The van der Waals surface area contributed by atoms with Gasteiger partial charge in [-0.1, -0.05) is 0 Å². The number of hydrogen-bond donors (Lipinski definition) is 1. The Bertz CT molecular complexity index is 518. The second kappa shape index (κ2) is 6.59. The van der Waals surface area contributed by atoms with Crippen LogP contribution in [-0.4, -0.2) is 22.6 Å². The van der Waals surface area contributed by atoms with E-state index in [4.69, 9.17) is 4.74 Å². The van der Waals surface area contributed by atoms with Crippen molar-refractivity contribution in [2.24, 2.45) is 0 Å². The molecule has 0 spiro atoms. The van der Waals surface area contributed by atoms with E-state index < -0.39 is 0 Å². The molecule has 0 bridgehead atoms. The van der Waals surface area contributed by atoms with Crippen molar-refractivity contribution in [1.29, 1.82) is 0 Å². The van der Waals surface area contributed by atoms with Gasteiger partial charge in [-0.05, 0) is 48.2 Å². The van der Waals surface area contributed by atoms with Gasteiger partial charge in [0.15, 0.2) is 0 Å². The molecule has 1 N–H and O–H groups in total. The van der Waals surface area contributed by atoms with Gasteiger partial charge in [-0.25, -0.2) is 0 Å². The summed E-state index contributed by atoms with van der Waals surface area (Å²) < 4.78 is 5.96. The zero-order valence-electron chi connectivity index (χ0n) is 11.4. The van der Waals surface area contributed by atoms with E-state index in [1.54, 1.807) is 0 Å². The van der Waals surface area contributed by atoms with Gasteiger partial charge in [-0.2, -0.15) is 0 Å². The highest BCUT2D eigenvalue weighted by Gasteiger charge is 2.26. The summed E-state index contributed by atoms with van der Waals surface area (Å²) in [5.41, 5.74) is 2.45. The van der Waals surface area contributed by atoms with Crippen LogP contribution in [0.2, 0.25) is 0 Å². The van der Waals surface area contributed by atoms with Gasteiger partial charge >= 0.3 is 0 Å². The van der Waals surface area contributed by atoms with Crippen molar-refractivity contribution in [3.63, 3.8) is 0 Å². The van der Waals surface area contributed by atoms with Crippen molar-refractivity contribution >= 4 is 0 Å². The van der Waals surface area contributed by atoms with Crippen LogP contribution in [-0.2, 0) is 11.3 Å². The van der Waals surface area contributed by atoms with Gasteiger partial charge in [0, 0.05) is 44.0 Å². The van der Waals surface area contributed by atoms with Crippen LogP contribution in [0, 0.1) is 0 Å². The zero-order valence-corrected chi connectivity index (χ0v) is 11.4. The maximum atomic E-state index is 5.96. The summed E-state index contributed by atoms with van der Waals surface area (Å²) in [7, 11) is 0. The third-order valence-corrected chi connectivity index (χ3v) is 3.67. The van der Waals surface area contributed by atoms with E-state index in [2.05, 4.69) is 15.3 Å². The van der Waals surface area contributed by atoms with Gasteiger partial charge in [0.1, 0.15) is 0 Å². The van der Waals surface area contributed by atoms with Crippen LogP contribution < -0.4 is 5.32 Å². The highest BCUT2D eigenvalue weighted by molar-refractivity contribution is 5.17. The average molecular weight is 269 g/mol. The lowest BCUT2D eigenvalue weighted by Crippen LogP contribution is -2.39. The molecule has 1 aliphatic heterocycles. The van der Waals surface area contributed by atoms with E-state index in [0.29, 0.717) is 6.04 Å². The minimum atomic E-state index is 0.119. The molecule has 20 heavy (non-hydrogen) atoms. The molecular formula is C16H19N3O. The molecule has 1 saturated heterocycles. The third kappa shape index (κ3) is 3.21. The summed E-state index contributed by atoms with van der Waals surface area (Å²) in [5, 5.41) is 3.61. The summed E-state index contributed by atoms with van der Waals surface area (Å²) in [6.45, 7) is 1.68. The van der Waals surface area contributed by atoms with Gasteiger partial charge < -0.3 is 10.1 Å². The highest BCUT2D eigenvalue weighted by atomic mass is 16.5. The summed E-state index contributed by atoms with van der Waals surface area (Å²) in [4.78, 5) is 8.12. The molecule has 4 nitrogen and oxygen atoms in total. The SMILES string of the molecule is c1cc(CN[C@H]2CCCO[C@@H]2c2ccncc2)ccn1. The van der Waals surface area contributed by atoms with E-state index in [1.807, 2.05) is 49.1 Å². The molecule has 0 radical (unpaired) electrons. The number of hydrogen-bond acceptors (Lipinski definition) is 4. The van der Waals surface area contributed by atoms with Crippen LogP contribution in [0.15, 0.2) is 49.1 Å². The summed E-state index contributed by atoms with van der Waals surface area (Å²) in [5.74, 6) is 0. The fourth-order valence-electron chi connectivity index (χ4n) is 2.62. The number of nitrogens with one attached hydrogen (secondary N) is 1. The van der Waals surface area contributed by atoms with Crippen molar-refractivity contribution in [1.82, 2.24) is 15.3 Å². The molecule has 1 aliphatic rings. The molecule has 2 atom stereocenters. The van der Waals surface area contributed by atoms with Gasteiger partial charge in [0.05, 0.1) is 6.10 Å². The molecule has 3 heterocycles. The monoisotopic (exact) mass is 269 g/mol. The second-order valence-electron chi connectivity index (χ2n) is 5.06. The Morgan fingerprint density at radius 1 is 1.05 bits per heavy atom. The Morgan fingerprint density at radius 3 is 2.50 bits per heavy atom. The first kappa shape index (κ1) is 13.2. The number of aromatic nitrogens is 2. The maximum absolute atomic E-state index is 5.96. The predicted octanol–water partition coefficient (Wildman–Crippen LogP) is 2.49. The number of nitrogens with zero attached hydrogens (tertiary/aromatic N) is 2. The molecular weight excluding hydrogens is 250 g/mol. The quantitative estimate of drug-likeness (QED) is 0.926. The number of pyridine rings is 2. The number of ether oxygens (including phenoxy) is 1. The van der Waals surface area contributed by atoms with Crippen LogP contribution >= 0.6 is 0 Å². The normalized spacial score (nSPS) is 22.6. The Labute approximate surface area is 119 Å². The van der Waals surface area contributed by atoms with E-state index in [-0.39, 0.29) is 6.10 Å². The van der Waals surface area contributed by atoms with Gasteiger partial charge in [0.2, 0.25) is 0 Å². The summed E-state index contributed by atoms with van der Waals surface area (Å²) >= 11 is 0.